The van der Waals surface area contributed by atoms with E-state index in [0.29, 0.717) is 12.1 Å². The van der Waals surface area contributed by atoms with Crippen molar-refractivity contribution in [2.24, 2.45) is 0 Å². The van der Waals surface area contributed by atoms with Gasteiger partial charge in [-0.1, -0.05) is 72.8 Å². The summed E-state index contributed by atoms with van der Waals surface area (Å²) in [6, 6.07) is 31.6. The van der Waals surface area contributed by atoms with Crippen molar-refractivity contribution in [1.29, 1.82) is 0 Å². The van der Waals surface area contributed by atoms with Crippen LogP contribution in [0.2, 0.25) is 0 Å². The number of para-hydroxylation sites is 1. The van der Waals surface area contributed by atoms with Gasteiger partial charge in [-0.05, 0) is 39.0 Å². The monoisotopic (exact) mass is 525 g/mol. The van der Waals surface area contributed by atoms with Crippen LogP contribution in [0.5, 0.6) is 5.75 Å². The SMILES string of the molecule is BrB1Oc2ccccc2C[N+]12[C@H](Cc1ccccc1)CC[C@H]2Cc1ccccc1.[Br-]. The smallest absolute Gasteiger partial charge is 0.721 e. The van der Waals surface area contributed by atoms with E-state index in [0.717, 1.165) is 29.5 Å². The van der Waals surface area contributed by atoms with Gasteiger partial charge < -0.3 is 26.0 Å². The molecule has 0 saturated carbocycles. The molecular weight excluding hydrogens is 501 g/mol. The minimum atomic E-state index is -0.0117. The summed E-state index contributed by atoms with van der Waals surface area (Å²) in [6.07, 6.45) is 4.67. The topological polar surface area (TPSA) is 9.23 Å². The second-order valence-corrected chi connectivity index (χ2v) is 9.22. The Morgan fingerprint density at radius 3 is 1.83 bits per heavy atom. The maximum Gasteiger partial charge on any atom is 0.721 e. The highest BCUT2D eigenvalue weighted by atomic mass is 79.9. The van der Waals surface area contributed by atoms with E-state index in [4.69, 9.17) is 4.65 Å². The summed E-state index contributed by atoms with van der Waals surface area (Å²) in [7, 11) is 0. The van der Waals surface area contributed by atoms with Gasteiger partial charge in [-0.15, -0.1) is 0 Å². The molecule has 0 aliphatic carbocycles. The van der Waals surface area contributed by atoms with Crippen LogP contribution in [0.1, 0.15) is 29.5 Å². The summed E-state index contributed by atoms with van der Waals surface area (Å²) >= 11 is 4.00. The first-order chi connectivity index (χ1) is 14.3. The number of benzene rings is 3. The van der Waals surface area contributed by atoms with Gasteiger partial charge in [-0.3, -0.25) is 0 Å². The molecule has 1 saturated heterocycles. The molecule has 0 bridgehead atoms. The fourth-order valence-corrected chi connectivity index (χ4v) is 6.40. The van der Waals surface area contributed by atoms with Gasteiger partial charge in [0, 0.05) is 31.2 Å². The number of quaternary nitrogens is 1. The van der Waals surface area contributed by atoms with Gasteiger partial charge in [-0.25, -0.2) is 0 Å². The normalized spacial score (nSPS) is 21.6. The molecule has 2 aliphatic heterocycles. The second-order valence-electron chi connectivity index (χ2n) is 8.44. The van der Waals surface area contributed by atoms with Crippen molar-refractivity contribution in [3.63, 3.8) is 0 Å². The zero-order valence-electron chi connectivity index (χ0n) is 17.0. The lowest BCUT2D eigenvalue weighted by atomic mass is 9.89. The lowest BCUT2D eigenvalue weighted by Gasteiger charge is -2.49. The molecule has 0 N–H and O–H groups in total. The van der Waals surface area contributed by atoms with Crippen molar-refractivity contribution in [3.05, 3.63) is 102 Å². The van der Waals surface area contributed by atoms with E-state index < -0.39 is 0 Å². The van der Waals surface area contributed by atoms with Crippen LogP contribution >= 0.6 is 15.8 Å². The third-order valence-corrected chi connectivity index (χ3v) is 7.79. The van der Waals surface area contributed by atoms with E-state index in [9.17, 15) is 0 Å². The van der Waals surface area contributed by atoms with E-state index in [2.05, 4.69) is 101 Å². The molecule has 0 aromatic heterocycles. The first kappa shape index (κ1) is 21.7. The number of nitrogens with zero attached hydrogens (tertiary/aromatic N) is 1. The van der Waals surface area contributed by atoms with Gasteiger partial charge in [0.25, 0.3) is 0 Å². The summed E-state index contributed by atoms with van der Waals surface area (Å²) in [6.45, 7) is 1.03. The van der Waals surface area contributed by atoms with Gasteiger partial charge in [0.15, 0.2) is 0 Å². The standard InChI is InChI=1S/C25H26BBrNO.BrH/c27-26-28(19-22-13-7-8-14-25(22)29-26)23(17-20-9-3-1-4-10-20)15-16-24(28)18-21-11-5-2-6-12-21;/h1-14,23-24H,15-19H2;1H/q+1;/p-1/t23-,24-;/m0./s1. The third-order valence-electron chi connectivity index (χ3n) is 6.84. The molecule has 2 aliphatic rings. The first-order valence-corrected chi connectivity index (χ1v) is 11.5. The average Bonchev–Trinajstić information content (AvgIpc) is 3.08. The lowest BCUT2D eigenvalue weighted by Crippen LogP contribution is -3.00. The second kappa shape index (κ2) is 9.29. The first-order valence-electron chi connectivity index (χ1n) is 10.6. The Labute approximate surface area is 198 Å². The van der Waals surface area contributed by atoms with E-state index in [1.54, 1.807) is 0 Å². The number of fused-ring (bicyclic) bond motifs is 1. The maximum atomic E-state index is 6.49. The fourth-order valence-electron chi connectivity index (χ4n) is 5.39. The van der Waals surface area contributed by atoms with E-state index in [1.165, 1.54) is 29.5 Å². The van der Waals surface area contributed by atoms with Gasteiger partial charge in [0.2, 0.25) is 0 Å². The Bertz CT molecular complexity index is 920. The Balaban J connectivity index is 0.00000218. The predicted octanol–water partition coefficient (Wildman–Crippen LogP) is 2.80. The summed E-state index contributed by atoms with van der Waals surface area (Å²) in [5.74, 6) is 1.02. The fraction of sp³-hybridized carbons (Fsp3) is 0.280. The molecule has 2 atom stereocenters. The molecule has 2 heterocycles. The molecule has 1 fully saturated rings. The number of halogens is 2. The molecule has 5 heteroatoms. The minimum Gasteiger partial charge on any atom is -1.00 e. The number of hydrogen-bond acceptors (Lipinski definition) is 1. The van der Waals surface area contributed by atoms with Crippen LogP contribution in [0.15, 0.2) is 84.9 Å². The van der Waals surface area contributed by atoms with Crippen molar-refractivity contribution in [2.45, 2.75) is 44.3 Å². The van der Waals surface area contributed by atoms with Gasteiger partial charge >= 0.3 is 5.87 Å². The zero-order chi connectivity index (χ0) is 19.7. The molecule has 5 rings (SSSR count). The number of rotatable bonds is 4. The van der Waals surface area contributed by atoms with E-state index in [1.807, 2.05) is 0 Å². The molecule has 2 nitrogen and oxygen atoms in total. The van der Waals surface area contributed by atoms with Crippen molar-refractivity contribution < 1.29 is 26.0 Å². The third kappa shape index (κ3) is 4.00. The summed E-state index contributed by atoms with van der Waals surface area (Å²) in [5, 5.41) is 0. The van der Waals surface area contributed by atoms with Crippen LogP contribution in [0.4, 0.5) is 0 Å². The largest absolute Gasteiger partial charge is 1.00 e. The minimum absolute atomic E-state index is 0. The average molecular weight is 527 g/mol. The van der Waals surface area contributed by atoms with E-state index >= 15 is 0 Å². The van der Waals surface area contributed by atoms with Crippen molar-refractivity contribution >= 4 is 21.6 Å². The molecule has 1 spiro atoms. The van der Waals surface area contributed by atoms with Crippen LogP contribution in [0.25, 0.3) is 0 Å². The molecule has 0 radical (unpaired) electrons. The van der Waals surface area contributed by atoms with E-state index in [-0.39, 0.29) is 22.9 Å². The molecule has 0 unspecified atom stereocenters. The highest BCUT2D eigenvalue weighted by Gasteiger charge is 2.60. The molecule has 154 valence electrons. The maximum absolute atomic E-state index is 6.49. The van der Waals surface area contributed by atoms with Crippen molar-refractivity contribution in [2.75, 3.05) is 0 Å². The zero-order valence-corrected chi connectivity index (χ0v) is 20.1. The Morgan fingerprint density at radius 1 is 0.767 bits per heavy atom. The summed E-state index contributed by atoms with van der Waals surface area (Å²) < 4.78 is 7.47. The molecular formula is C25H26BBr2NO. The van der Waals surface area contributed by atoms with Gasteiger partial charge in [-0.2, -0.15) is 0 Å². The highest BCUT2D eigenvalue weighted by Crippen LogP contribution is 2.46. The summed E-state index contributed by atoms with van der Waals surface area (Å²) in [4.78, 5) is 0. The highest BCUT2D eigenvalue weighted by molar-refractivity contribution is 9.24. The lowest BCUT2D eigenvalue weighted by molar-refractivity contribution is -0.881. The molecule has 0 amide bonds. The van der Waals surface area contributed by atoms with Crippen LogP contribution in [-0.2, 0) is 19.4 Å². The van der Waals surface area contributed by atoms with Crippen LogP contribution in [-0.4, -0.2) is 22.4 Å². The number of hydrogen-bond donors (Lipinski definition) is 0. The summed E-state index contributed by atoms with van der Waals surface area (Å²) in [5.41, 5.74) is 4.18. The Hall–Kier alpha value is -1.56. The van der Waals surface area contributed by atoms with Crippen LogP contribution in [0.3, 0.4) is 0 Å². The van der Waals surface area contributed by atoms with Gasteiger partial charge in [0.1, 0.15) is 5.75 Å². The van der Waals surface area contributed by atoms with Crippen molar-refractivity contribution in [1.82, 2.24) is 0 Å². The van der Waals surface area contributed by atoms with Gasteiger partial charge in [0.05, 0.1) is 18.6 Å². The van der Waals surface area contributed by atoms with Crippen LogP contribution in [0, 0.1) is 0 Å². The Kier molecular flexibility index (Phi) is 6.71. The quantitative estimate of drug-likeness (QED) is 0.475. The molecule has 3 aromatic carbocycles. The molecule has 30 heavy (non-hydrogen) atoms. The molecule has 3 aromatic rings. The van der Waals surface area contributed by atoms with Crippen LogP contribution < -0.4 is 21.6 Å². The predicted molar refractivity (Wildman–Crippen MR) is 123 cm³/mol. The Morgan fingerprint density at radius 2 is 1.27 bits per heavy atom. The van der Waals surface area contributed by atoms with Crippen molar-refractivity contribution in [3.8, 4) is 5.75 Å².